The molecule has 4 aliphatic heterocycles. The molecule has 0 bridgehead atoms. The Labute approximate surface area is 673 Å². The lowest BCUT2D eigenvalue weighted by Crippen LogP contribution is -2.53. The quantitative estimate of drug-likeness (QED) is 0.0409. The summed E-state index contributed by atoms with van der Waals surface area (Å²) in [6.45, 7) is 17.0. The Balaban J connectivity index is 0.000000122. The van der Waals surface area contributed by atoms with Crippen LogP contribution in [0.4, 0.5) is 19.5 Å². The maximum atomic E-state index is 14.6. The zero-order valence-corrected chi connectivity index (χ0v) is 67.2. The molecule has 4 fully saturated rings. The Hall–Kier alpha value is -12.1. The Morgan fingerprint density at radius 3 is 1.63 bits per heavy atom. The van der Waals surface area contributed by atoms with Gasteiger partial charge in [-0.15, -0.1) is 11.3 Å². The van der Waals surface area contributed by atoms with Crippen molar-refractivity contribution in [2.45, 2.75) is 96.9 Å². The second-order valence-corrected chi connectivity index (χ2v) is 32.6. The van der Waals surface area contributed by atoms with Crippen molar-refractivity contribution in [3.8, 4) is 44.6 Å². The molecular weight excluding hydrogens is 1490 g/mol. The van der Waals surface area contributed by atoms with Crippen LogP contribution in [0, 0.1) is 31.5 Å². The summed E-state index contributed by atoms with van der Waals surface area (Å²) in [6.07, 6.45) is 18.8. The number of imidazole rings is 1. The monoisotopic (exact) mass is 1590 g/mol. The van der Waals surface area contributed by atoms with E-state index in [1.54, 1.807) is 40.5 Å². The Morgan fingerprint density at radius 2 is 1.09 bits per heavy atom. The van der Waals surface area contributed by atoms with Gasteiger partial charge in [-0.2, -0.15) is 35.7 Å². The van der Waals surface area contributed by atoms with Crippen LogP contribution in [0.1, 0.15) is 117 Å². The summed E-state index contributed by atoms with van der Waals surface area (Å²) in [5, 5.41) is 60.3. The number of aromatic nitrogens is 16. The zero-order chi connectivity index (χ0) is 80.7. The van der Waals surface area contributed by atoms with Crippen LogP contribution in [0.3, 0.4) is 0 Å². The Morgan fingerprint density at radius 1 is 0.552 bits per heavy atom. The highest BCUT2D eigenvalue weighted by molar-refractivity contribution is 7.16. The number of aromatic amines is 5. The lowest BCUT2D eigenvalue weighted by atomic mass is 9.97. The third kappa shape index (κ3) is 18.5. The number of alkyl halides is 1. The number of hydrogen-bond donors (Lipinski definition) is 9. The van der Waals surface area contributed by atoms with Crippen LogP contribution in [0.25, 0.3) is 88.2 Å². The van der Waals surface area contributed by atoms with E-state index in [1.165, 1.54) is 12.1 Å². The van der Waals surface area contributed by atoms with Gasteiger partial charge in [0.1, 0.15) is 17.8 Å². The highest BCUT2D eigenvalue weighted by Gasteiger charge is 2.33. The van der Waals surface area contributed by atoms with Crippen LogP contribution in [0.5, 0.6) is 0 Å². The van der Waals surface area contributed by atoms with Crippen LogP contribution >= 0.6 is 11.3 Å². The molecule has 9 N–H and O–H groups in total. The largest absolute Gasteiger partial charge is 0.371 e. The number of likely N-dealkylation sites (tertiary alicyclic amines) is 3. The lowest BCUT2D eigenvalue weighted by Gasteiger charge is -2.35. The van der Waals surface area contributed by atoms with Gasteiger partial charge >= 0.3 is 0 Å². The zero-order valence-electron chi connectivity index (χ0n) is 66.4. The number of hydrogen-bond acceptors (Lipinski definition) is 17. The predicted molar refractivity (Wildman–Crippen MR) is 449 cm³/mol. The highest BCUT2D eigenvalue weighted by atomic mass is 32.1. The molecule has 13 heterocycles. The van der Waals surface area contributed by atoms with E-state index in [0.29, 0.717) is 59.9 Å². The number of anilines is 2. The Bertz CT molecular complexity index is 5730. The lowest BCUT2D eigenvalue weighted by molar-refractivity contribution is 0.0747. The van der Waals surface area contributed by atoms with Crippen molar-refractivity contribution >= 4 is 89.3 Å². The van der Waals surface area contributed by atoms with Crippen molar-refractivity contribution < 1.29 is 28.0 Å². The van der Waals surface area contributed by atoms with E-state index >= 15 is 0 Å². The molecule has 9 aromatic heterocycles. The molecule has 4 aliphatic rings. The summed E-state index contributed by atoms with van der Waals surface area (Å²) >= 11 is 1.55. The molecule has 5 aromatic carbocycles. The van der Waals surface area contributed by atoms with Crippen molar-refractivity contribution in [1.82, 2.24) is 111 Å². The maximum Gasteiger partial charge on any atom is 0.277 e. The molecule has 31 heteroatoms. The molecule has 0 aliphatic carbocycles. The van der Waals surface area contributed by atoms with E-state index in [1.807, 2.05) is 142 Å². The number of aryl methyl sites for hydroxylation is 3. The minimum Gasteiger partial charge on any atom is -0.371 e. The van der Waals surface area contributed by atoms with Crippen LogP contribution in [0.2, 0.25) is 0 Å². The van der Waals surface area contributed by atoms with E-state index in [2.05, 4.69) is 146 Å². The summed E-state index contributed by atoms with van der Waals surface area (Å²) < 4.78 is 33.7. The number of rotatable bonds is 17. The van der Waals surface area contributed by atoms with E-state index in [0.717, 1.165) is 195 Å². The first-order chi connectivity index (χ1) is 56.2. The minimum absolute atomic E-state index is 0.0776. The molecule has 4 saturated heterocycles. The second kappa shape index (κ2) is 35.4. The second-order valence-electron chi connectivity index (χ2n) is 31.3. The van der Waals surface area contributed by atoms with Crippen LogP contribution in [-0.2, 0) is 14.1 Å². The van der Waals surface area contributed by atoms with Gasteiger partial charge in [0.2, 0.25) is 0 Å². The fraction of sp³-hybridized carbons (Fsp3) is 0.365. The van der Waals surface area contributed by atoms with E-state index in [9.17, 15) is 28.0 Å². The maximum absolute atomic E-state index is 14.6. The highest BCUT2D eigenvalue weighted by Crippen LogP contribution is 2.33. The molecule has 602 valence electrons. The summed E-state index contributed by atoms with van der Waals surface area (Å²) in [5.74, 6) is 0.904. The number of H-pyrrole nitrogens is 5. The van der Waals surface area contributed by atoms with Crippen molar-refractivity contribution in [2.75, 3.05) is 89.8 Å². The summed E-state index contributed by atoms with van der Waals surface area (Å²) in [4.78, 5) is 65.8. The van der Waals surface area contributed by atoms with Gasteiger partial charge < -0.3 is 45.4 Å². The van der Waals surface area contributed by atoms with Crippen LogP contribution in [0.15, 0.2) is 153 Å². The average Bonchev–Trinajstić information content (AvgIpc) is 1.65. The Kier molecular flexibility index (Phi) is 24.1. The van der Waals surface area contributed by atoms with Crippen molar-refractivity contribution in [2.24, 2.45) is 25.9 Å². The summed E-state index contributed by atoms with van der Waals surface area (Å²) in [5.41, 5.74) is 13.8. The molecule has 0 spiro atoms. The van der Waals surface area contributed by atoms with Crippen molar-refractivity contribution in [1.29, 1.82) is 0 Å². The molecular formula is C85H98F2N24O4S. The molecule has 0 radical (unpaired) electrons. The van der Waals surface area contributed by atoms with Gasteiger partial charge in [0, 0.05) is 132 Å². The molecule has 28 nitrogen and oxygen atoms in total. The van der Waals surface area contributed by atoms with E-state index < -0.39 is 12.2 Å². The van der Waals surface area contributed by atoms with E-state index in [-0.39, 0.29) is 41.2 Å². The molecule has 0 saturated carbocycles. The first kappa shape index (κ1) is 79.2. The molecule has 0 unspecified atom stereocenters. The number of thiophene rings is 1. The first-order valence-corrected chi connectivity index (χ1v) is 40.4. The van der Waals surface area contributed by atoms with Gasteiger partial charge in [-0.1, -0.05) is 38.1 Å². The van der Waals surface area contributed by atoms with Gasteiger partial charge in [0.05, 0.1) is 69.6 Å². The third-order valence-corrected chi connectivity index (χ3v) is 23.4. The average molecular weight is 1590 g/mol. The normalized spacial score (nSPS) is 16.8. The number of nitrogens with one attached hydrogen (secondary N) is 9. The molecule has 18 rings (SSSR count). The SMILES string of the molecule is CC(C)CN1CC[C@H](NC(=O)c2n[nH]c3ccc(-c4cn[nH]c4)cc23)[C@@H](F)C1.CN1CCC(CNC(=O)c2n[nH]c3ccc(-c4cnn(C)c4)cc23)CC1.Cc1ccc(NC(=O)c2n[nH]c3ccc(-c4cnn(C5CCN(C)CC5)c4)cc23)s1.Cc1ncc(-c2ccc3[nH]nc(C(=O)NC4CCN(c5ccc(F)cc5)CC4)c3c2)n1C. The van der Waals surface area contributed by atoms with Gasteiger partial charge in [0.15, 0.2) is 22.8 Å². The van der Waals surface area contributed by atoms with Gasteiger partial charge in [0.25, 0.3) is 23.6 Å². The summed E-state index contributed by atoms with van der Waals surface area (Å²) in [7, 11) is 8.17. The minimum atomic E-state index is -1.08. The molecule has 2 atom stereocenters. The van der Waals surface area contributed by atoms with Crippen LogP contribution in [-0.4, -0.2) is 216 Å². The number of carbonyl (C=O) groups excluding carboxylic acids is 4. The number of piperidine rings is 4. The topological polar surface area (TPSA) is 326 Å². The van der Waals surface area contributed by atoms with Crippen molar-refractivity contribution in [3.63, 3.8) is 0 Å². The fourth-order valence-electron chi connectivity index (χ4n) is 15.6. The smallest absolute Gasteiger partial charge is 0.277 e. The van der Waals surface area contributed by atoms with Gasteiger partial charge in [-0.25, -0.2) is 13.8 Å². The summed E-state index contributed by atoms with van der Waals surface area (Å²) in [6, 6.07) is 34.1. The van der Waals surface area contributed by atoms with E-state index in [4.69, 9.17) is 0 Å². The third-order valence-electron chi connectivity index (χ3n) is 22.4. The van der Waals surface area contributed by atoms with Gasteiger partial charge in [-0.3, -0.25) is 54.0 Å². The molecule has 4 amide bonds. The molecule has 14 aromatic rings. The first-order valence-electron chi connectivity index (χ1n) is 39.6. The number of amides is 4. The number of halogens is 2. The van der Waals surface area contributed by atoms with Crippen LogP contribution < -0.4 is 26.2 Å². The molecule has 116 heavy (non-hydrogen) atoms. The van der Waals surface area contributed by atoms with Crippen molar-refractivity contribution in [3.05, 3.63) is 192 Å². The van der Waals surface area contributed by atoms with Gasteiger partial charge in [-0.05, 0) is 213 Å². The number of carbonyl (C=O) groups is 4. The number of benzene rings is 5. The fourth-order valence-corrected chi connectivity index (χ4v) is 16.4. The predicted octanol–water partition coefficient (Wildman–Crippen LogP) is 12.9. The number of nitrogens with zero attached hydrogens (tertiary/aromatic N) is 15. The number of fused-ring (bicyclic) bond motifs is 4. The standard InChI is InChI=1S/C24H25FN6O.C22H24N6OS.C20H25FN6O.C19H24N6O/c1-15-26-14-22(30(15)2)16-3-8-21-20(13-16)23(29-28-21)24(32)27-18-9-11-31(12-10-18)19-6-4-17(25)5-7-19;1-14-3-6-20(30-14)24-22(29)21-18-11-15(4-5-19(18)25-26-21)16-12-23-28(13-16)17-7-9-27(2)10-8-17;1-12(2)10-27-6-5-18(16(21)11-27)24-20(28)19-15-7-13(14-8-22-23-9-14)3-4-17(15)25-26-19;1-24-7-5-13(6-8-24)10-20-19(26)18-16-9-14(3-4-17(16)22-23-18)15-11-21-25(2)12-15/h3-8,13-14,18H,9-12H2,1-2H3,(H,27,32)(H,28,29);3-6,11-13,17H,7-10H2,1-2H3,(H,24,29)(H,25,26);3-4,7-9,12,16,18H,5-6,10-11H2,1-2H3,(H,22,23)(H,24,28)(H,25,26);3-4,9,11-13H,5-8,10H2,1-2H3,(H,20,26)(H,22,23)/t;;16-,18-;/m..0./s1.